The van der Waals surface area contributed by atoms with Crippen LogP contribution in [-0.4, -0.2) is 217 Å². The maximum absolute atomic E-state index is 14.0. The first-order valence-corrected chi connectivity index (χ1v) is 28.0. The lowest BCUT2D eigenvalue weighted by Crippen LogP contribution is -2.36. The van der Waals surface area contributed by atoms with Crippen LogP contribution in [0.4, 0.5) is 23.2 Å². The first kappa shape index (κ1) is 68.9. The Morgan fingerprint density at radius 3 is 1.49 bits per heavy atom. The summed E-state index contributed by atoms with van der Waals surface area (Å²) in [5, 5.41) is 11.0. The maximum Gasteiger partial charge on any atom is 0.313 e. The fraction of sp³-hybridized carbons (Fsp3) is 0.556. The van der Waals surface area contributed by atoms with E-state index >= 15 is 0 Å². The van der Waals surface area contributed by atoms with Crippen LogP contribution in [0.15, 0.2) is 57.9 Å². The number of esters is 1. The number of hydroxylamine groups is 2. The van der Waals surface area contributed by atoms with Gasteiger partial charge in [-0.1, -0.05) is 31.2 Å². The largest absolute Gasteiger partial charge is 0.420 e. The number of benzene rings is 3. The summed E-state index contributed by atoms with van der Waals surface area (Å²) in [6.07, 6.45) is 2.16. The van der Waals surface area contributed by atoms with Crippen molar-refractivity contribution in [1.29, 1.82) is 0 Å². The van der Waals surface area contributed by atoms with E-state index < -0.39 is 56.4 Å². The van der Waals surface area contributed by atoms with Gasteiger partial charge in [0.05, 0.1) is 157 Å². The van der Waals surface area contributed by atoms with E-state index in [4.69, 9.17) is 62.5 Å². The molecule has 458 valence electrons. The van der Waals surface area contributed by atoms with E-state index in [-0.39, 0.29) is 77.6 Å². The van der Waals surface area contributed by atoms with Crippen molar-refractivity contribution in [3.63, 3.8) is 0 Å². The second kappa shape index (κ2) is 39.1. The second-order valence-electron chi connectivity index (χ2n) is 17.4. The third-order valence-corrected chi connectivity index (χ3v) is 12.2. The highest BCUT2D eigenvalue weighted by Crippen LogP contribution is 2.34. The Balaban J connectivity index is 0.902. The number of amides is 2. The van der Waals surface area contributed by atoms with Crippen molar-refractivity contribution < 1.29 is 107 Å². The zero-order valence-electron chi connectivity index (χ0n) is 46.1. The molecule has 0 saturated heterocycles. The molecular weight excluding hydrogens is 1120 g/mol. The fourth-order valence-corrected chi connectivity index (χ4v) is 7.99. The molecule has 0 bridgehead atoms. The molecule has 0 aromatic heterocycles. The molecule has 0 saturated carbocycles. The van der Waals surface area contributed by atoms with Crippen molar-refractivity contribution >= 4 is 45.5 Å². The van der Waals surface area contributed by atoms with E-state index in [0.717, 1.165) is 23.1 Å². The minimum absolute atomic E-state index is 0.0135. The SMILES string of the molecule is CCCN(OCC)C(=O)C1=Cc2ccc(-c3ccc(C(=O)N(CCO)CCOCCOCCOCCOCCOCCOCCOCCOCCOCCOCCC(=O)Oc4c(F)c(F)c(S(=O)(=O)O)c(F)c4F)cc3)cc2N=C(N)C1. The summed E-state index contributed by atoms with van der Waals surface area (Å²) in [5.74, 6) is -12.9. The molecule has 3 aromatic carbocycles. The Bertz CT molecular complexity index is 2570. The van der Waals surface area contributed by atoms with E-state index in [2.05, 4.69) is 9.73 Å². The van der Waals surface area contributed by atoms with Gasteiger partial charge in [0.2, 0.25) is 17.4 Å². The van der Waals surface area contributed by atoms with Crippen LogP contribution in [-0.2, 0) is 71.9 Å². The zero-order valence-corrected chi connectivity index (χ0v) is 46.9. The molecule has 0 spiro atoms. The molecular formula is C54H74F4N4O19S. The number of aliphatic hydroxyl groups excluding tert-OH is 1. The van der Waals surface area contributed by atoms with Crippen molar-refractivity contribution in [3.8, 4) is 16.9 Å². The lowest BCUT2D eigenvalue weighted by atomic mass is 10.00. The molecule has 0 radical (unpaired) electrons. The molecule has 0 unspecified atom stereocenters. The van der Waals surface area contributed by atoms with E-state index in [1.807, 2.05) is 44.2 Å². The molecule has 3 aromatic rings. The molecule has 4 rings (SSSR count). The number of rotatable bonds is 44. The quantitative estimate of drug-likeness (QED) is 0.0131. The number of nitrogens with zero attached hydrogens (tertiary/aromatic N) is 3. The van der Waals surface area contributed by atoms with Gasteiger partial charge < -0.3 is 67.8 Å². The number of fused-ring (bicyclic) bond motifs is 1. The summed E-state index contributed by atoms with van der Waals surface area (Å²) in [4.78, 5) is 47.9. The average molecular weight is 1190 g/mol. The van der Waals surface area contributed by atoms with Gasteiger partial charge in [-0.3, -0.25) is 23.8 Å². The van der Waals surface area contributed by atoms with Gasteiger partial charge in [0, 0.05) is 42.8 Å². The number of amidine groups is 1. The summed E-state index contributed by atoms with van der Waals surface area (Å²) in [6.45, 7) is 10.5. The van der Waals surface area contributed by atoms with Crippen LogP contribution in [0.25, 0.3) is 17.2 Å². The molecule has 28 heteroatoms. The molecule has 0 fully saturated rings. The highest BCUT2D eigenvalue weighted by molar-refractivity contribution is 7.85. The molecule has 0 atom stereocenters. The highest BCUT2D eigenvalue weighted by Gasteiger charge is 2.34. The number of ether oxygens (including phenoxy) is 11. The van der Waals surface area contributed by atoms with Crippen LogP contribution in [0.5, 0.6) is 5.75 Å². The first-order chi connectivity index (χ1) is 39.6. The van der Waals surface area contributed by atoms with Gasteiger partial charge in [0.1, 0.15) is 5.84 Å². The lowest BCUT2D eigenvalue weighted by Gasteiger charge is -2.22. The number of halogens is 4. The highest BCUT2D eigenvalue weighted by atomic mass is 32.2. The van der Waals surface area contributed by atoms with E-state index in [1.54, 1.807) is 18.2 Å². The maximum atomic E-state index is 14.0. The van der Waals surface area contributed by atoms with Gasteiger partial charge in [0.25, 0.3) is 11.8 Å². The third kappa shape index (κ3) is 24.7. The molecule has 2 amide bonds. The van der Waals surface area contributed by atoms with E-state index in [1.165, 1.54) is 9.96 Å². The molecule has 82 heavy (non-hydrogen) atoms. The number of aliphatic hydroxyl groups is 1. The van der Waals surface area contributed by atoms with Crippen LogP contribution < -0.4 is 10.5 Å². The Morgan fingerprint density at radius 2 is 1.05 bits per heavy atom. The molecule has 1 heterocycles. The lowest BCUT2D eigenvalue weighted by molar-refractivity contribution is -0.180. The molecule has 1 aliphatic rings. The standard InChI is InChI=1S/C54H74F4N4O19S/c1-3-12-62(80-4-2)54(66)43-36-42-10-9-41(37-44(42)60-45(59)38-43)39-5-7-40(8-6-39)53(65)61(13-15-63)14-17-71-19-21-73-23-25-75-27-29-77-31-33-79-35-34-78-32-30-76-28-26-74-24-22-72-20-18-70-16-11-46(64)81-51-47(55)49(57)52(82(67,68)69)50(58)48(51)56/h5-10,36-37,63H,3-4,11-35,38H2,1-2H3,(H2,59,60)(H,67,68,69). The van der Waals surface area contributed by atoms with Crippen molar-refractivity contribution in [3.05, 3.63) is 82.4 Å². The van der Waals surface area contributed by atoms with Gasteiger partial charge in [-0.15, -0.1) is 0 Å². The predicted octanol–water partition coefficient (Wildman–Crippen LogP) is 4.72. The van der Waals surface area contributed by atoms with Crippen LogP contribution in [0.2, 0.25) is 0 Å². The minimum atomic E-state index is -5.65. The fourth-order valence-electron chi connectivity index (χ4n) is 7.36. The van der Waals surface area contributed by atoms with E-state index in [9.17, 15) is 45.5 Å². The molecule has 0 aliphatic carbocycles. The third-order valence-electron chi connectivity index (χ3n) is 11.3. The van der Waals surface area contributed by atoms with Crippen LogP contribution in [0, 0.1) is 23.3 Å². The first-order valence-electron chi connectivity index (χ1n) is 26.6. The topological polar surface area (TPSA) is 281 Å². The Morgan fingerprint density at radius 1 is 0.598 bits per heavy atom. The number of carbonyl (C=O) groups is 3. The minimum Gasteiger partial charge on any atom is -0.420 e. The number of hydrogen-bond donors (Lipinski definition) is 3. The molecule has 1 aliphatic heterocycles. The Hall–Kier alpha value is -5.57. The summed E-state index contributed by atoms with van der Waals surface area (Å²) in [7, 11) is -5.65. The number of aliphatic imine (C=N–C) groups is 1. The van der Waals surface area contributed by atoms with Gasteiger partial charge >= 0.3 is 16.1 Å². The van der Waals surface area contributed by atoms with Crippen LogP contribution in [0.3, 0.4) is 0 Å². The van der Waals surface area contributed by atoms with Crippen molar-refractivity contribution in [2.75, 3.05) is 165 Å². The van der Waals surface area contributed by atoms with Crippen molar-refractivity contribution in [2.24, 2.45) is 10.7 Å². The summed E-state index contributed by atoms with van der Waals surface area (Å²) in [5.41, 5.74) is 10.3. The van der Waals surface area contributed by atoms with Crippen molar-refractivity contribution in [1.82, 2.24) is 9.96 Å². The van der Waals surface area contributed by atoms with E-state index in [0.29, 0.717) is 128 Å². The van der Waals surface area contributed by atoms with Gasteiger partial charge in [0.15, 0.2) is 16.5 Å². The monoisotopic (exact) mass is 1190 g/mol. The molecule has 23 nitrogen and oxygen atoms in total. The summed E-state index contributed by atoms with van der Waals surface area (Å²) in [6, 6.07) is 12.9. The number of hydrogen-bond acceptors (Lipinski definition) is 20. The zero-order chi connectivity index (χ0) is 59.5. The Kier molecular flexibility index (Phi) is 32.8. The normalized spacial score (nSPS) is 12.4. The smallest absolute Gasteiger partial charge is 0.313 e. The Labute approximate surface area is 474 Å². The van der Waals surface area contributed by atoms with Gasteiger partial charge in [-0.25, -0.2) is 18.8 Å². The predicted molar refractivity (Wildman–Crippen MR) is 287 cm³/mol. The average Bonchev–Trinajstić information content (AvgIpc) is 3.11. The number of nitrogens with two attached hydrogens (primary N) is 1. The number of carbonyl (C=O) groups excluding carboxylic acids is 3. The van der Waals surface area contributed by atoms with Gasteiger partial charge in [-0.2, -0.15) is 17.2 Å². The summed E-state index contributed by atoms with van der Waals surface area (Å²) < 4.78 is 145. The van der Waals surface area contributed by atoms with Crippen LogP contribution >= 0.6 is 0 Å². The van der Waals surface area contributed by atoms with Gasteiger partial charge in [-0.05, 0) is 48.7 Å². The molecule has 4 N–H and O–H groups in total. The summed E-state index contributed by atoms with van der Waals surface area (Å²) >= 11 is 0. The second-order valence-corrected chi connectivity index (χ2v) is 18.7. The van der Waals surface area contributed by atoms with Crippen molar-refractivity contribution in [2.45, 2.75) is 38.0 Å². The van der Waals surface area contributed by atoms with Crippen LogP contribution in [0.1, 0.15) is 49.0 Å².